The van der Waals surface area contributed by atoms with Crippen molar-refractivity contribution in [2.24, 2.45) is 0 Å². The molecule has 24 heavy (non-hydrogen) atoms. The van der Waals surface area contributed by atoms with E-state index in [1.165, 1.54) is 4.90 Å². The van der Waals surface area contributed by atoms with E-state index in [-0.39, 0.29) is 6.09 Å². The van der Waals surface area contributed by atoms with Gasteiger partial charge in [-0.05, 0) is 72.6 Å². The lowest BCUT2D eigenvalue weighted by Crippen LogP contribution is -2.34. The molecule has 1 amide bonds. The van der Waals surface area contributed by atoms with Crippen LogP contribution in [0.1, 0.15) is 32.0 Å². The van der Waals surface area contributed by atoms with Crippen molar-refractivity contribution in [3.05, 3.63) is 58.3 Å². The number of hydrogen-bond acceptors (Lipinski definition) is 3. The van der Waals surface area contributed by atoms with Gasteiger partial charge in [0.1, 0.15) is 10.2 Å². The lowest BCUT2D eigenvalue weighted by atomic mass is 10.1. The number of hydrogen-bond donors (Lipinski definition) is 0. The van der Waals surface area contributed by atoms with Crippen LogP contribution in [0, 0.1) is 0 Å². The molecule has 0 atom stereocenters. The Kier molecular flexibility index (Phi) is 5.78. The average Bonchev–Trinajstić information content (AvgIpc) is 2.51. The number of carbonyl (C=O) groups is 1. The predicted molar refractivity (Wildman–Crippen MR) is 102 cm³/mol. The Morgan fingerprint density at radius 1 is 1.12 bits per heavy atom. The Balaban J connectivity index is 2.06. The van der Waals surface area contributed by atoms with Crippen molar-refractivity contribution < 1.29 is 9.53 Å². The number of pyridine rings is 1. The van der Waals surface area contributed by atoms with Gasteiger partial charge >= 0.3 is 6.09 Å². The maximum atomic E-state index is 12.1. The van der Waals surface area contributed by atoms with Gasteiger partial charge in [0.2, 0.25) is 0 Å². The SMILES string of the molecule is CN(C(=O)OC(C)(C)C)c1ccc(C=Cc2cccc(Br)n2)cc1. The second-order valence-corrected chi connectivity index (χ2v) is 7.16. The highest BCUT2D eigenvalue weighted by atomic mass is 79.9. The summed E-state index contributed by atoms with van der Waals surface area (Å²) in [5.41, 5.74) is 2.17. The highest BCUT2D eigenvalue weighted by Gasteiger charge is 2.20. The van der Waals surface area contributed by atoms with E-state index in [0.717, 1.165) is 21.5 Å². The number of rotatable bonds is 3. The fraction of sp³-hybridized carbons (Fsp3) is 0.263. The van der Waals surface area contributed by atoms with E-state index in [2.05, 4.69) is 20.9 Å². The minimum atomic E-state index is -0.509. The summed E-state index contributed by atoms with van der Waals surface area (Å²) in [6.07, 6.45) is 3.55. The topological polar surface area (TPSA) is 42.4 Å². The first-order valence-corrected chi connectivity index (χ1v) is 8.41. The molecule has 1 aromatic carbocycles. The number of nitrogens with zero attached hydrogens (tertiary/aromatic N) is 2. The Labute approximate surface area is 151 Å². The van der Waals surface area contributed by atoms with Crippen molar-refractivity contribution in [3.63, 3.8) is 0 Å². The lowest BCUT2D eigenvalue weighted by molar-refractivity contribution is 0.0589. The van der Waals surface area contributed by atoms with Gasteiger partial charge in [0, 0.05) is 12.7 Å². The molecule has 4 nitrogen and oxygen atoms in total. The molecule has 126 valence electrons. The van der Waals surface area contributed by atoms with Gasteiger partial charge in [-0.15, -0.1) is 0 Å². The van der Waals surface area contributed by atoms with Crippen LogP contribution >= 0.6 is 15.9 Å². The predicted octanol–water partition coefficient (Wildman–Crippen LogP) is 5.39. The zero-order valence-electron chi connectivity index (χ0n) is 14.3. The molecule has 2 rings (SSSR count). The standard InChI is InChI=1S/C19H21BrN2O2/c1-19(2,3)24-18(23)22(4)16-12-9-14(10-13-16)8-11-15-6-5-7-17(20)21-15/h5-13H,1-4H3. The normalized spacial score (nSPS) is 11.5. The summed E-state index contributed by atoms with van der Waals surface area (Å²) in [5.74, 6) is 0. The molecular weight excluding hydrogens is 368 g/mol. The van der Waals surface area contributed by atoms with E-state index < -0.39 is 5.60 Å². The number of halogens is 1. The van der Waals surface area contributed by atoms with Crippen LogP contribution in [0.4, 0.5) is 10.5 Å². The molecule has 0 aliphatic rings. The third kappa shape index (κ3) is 5.49. The summed E-state index contributed by atoms with van der Waals surface area (Å²) in [7, 11) is 1.70. The highest BCUT2D eigenvalue weighted by molar-refractivity contribution is 9.10. The molecule has 0 aliphatic carbocycles. The monoisotopic (exact) mass is 388 g/mol. The van der Waals surface area contributed by atoms with Gasteiger partial charge in [0.05, 0.1) is 5.69 Å². The van der Waals surface area contributed by atoms with E-state index in [1.54, 1.807) is 7.05 Å². The molecule has 0 bridgehead atoms. The van der Waals surface area contributed by atoms with E-state index >= 15 is 0 Å². The van der Waals surface area contributed by atoms with Crippen molar-refractivity contribution in [3.8, 4) is 0 Å². The molecule has 1 heterocycles. The Morgan fingerprint density at radius 3 is 2.38 bits per heavy atom. The van der Waals surface area contributed by atoms with E-state index in [4.69, 9.17) is 4.74 Å². The molecule has 0 aliphatic heterocycles. The summed E-state index contributed by atoms with van der Waals surface area (Å²) in [5, 5.41) is 0. The Bertz CT molecular complexity index is 734. The lowest BCUT2D eigenvalue weighted by Gasteiger charge is -2.24. The van der Waals surface area contributed by atoms with Crippen LogP contribution in [0.3, 0.4) is 0 Å². The third-order valence-corrected chi connectivity index (χ3v) is 3.57. The van der Waals surface area contributed by atoms with Gasteiger partial charge in [-0.3, -0.25) is 4.90 Å². The first kappa shape index (κ1) is 18.2. The van der Waals surface area contributed by atoms with Crippen LogP contribution in [-0.2, 0) is 4.74 Å². The third-order valence-electron chi connectivity index (χ3n) is 3.13. The number of benzene rings is 1. The van der Waals surface area contributed by atoms with Gasteiger partial charge in [-0.2, -0.15) is 0 Å². The summed E-state index contributed by atoms with van der Waals surface area (Å²) in [6, 6.07) is 13.4. The summed E-state index contributed by atoms with van der Waals surface area (Å²) in [4.78, 5) is 17.9. The van der Waals surface area contributed by atoms with Crippen molar-refractivity contribution in [1.82, 2.24) is 4.98 Å². The molecule has 0 spiro atoms. The van der Waals surface area contributed by atoms with Gasteiger partial charge < -0.3 is 4.74 Å². The highest BCUT2D eigenvalue weighted by Crippen LogP contribution is 2.18. The van der Waals surface area contributed by atoms with Crippen molar-refractivity contribution in [2.75, 3.05) is 11.9 Å². The van der Waals surface area contributed by atoms with Crippen LogP contribution in [-0.4, -0.2) is 23.7 Å². The number of ether oxygens (including phenoxy) is 1. The molecular formula is C19H21BrN2O2. The van der Waals surface area contributed by atoms with Crippen LogP contribution in [0.2, 0.25) is 0 Å². The van der Waals surface area contributed by atoms with E-state index in [9.17, 15) is 4.79 Å². The van der Waals surface area contributed by atoms with E-state index in [1.807, 2.05) is 75.4 Å². The van der Waals surface area contributed by atoms with Gasteiger partial charge in [0.25, 0.3) is 0 Å². The fourth-order valence-electron chi connectivity index (χ4n) is 1.94. The number of aromatic nitrogens is 1. The quantitative estimate of drug-likeness (QED) is 0.662. The van der Waals surface area contributed by atoms with E-state index in [0.29, 0.717) is 0 Å². The Hall–Kier alpha value is -2.14. The van der Waals surface area contributed by atoms with Gasteiger partial charge in [0.15, 0.2) is 0 Å². The molecule has 0 saturated carbocycles. The molecule has 1 aromatic heterocycles. The summed E-state index contributed by atoms with van der Waals surface area (Å²) < 4.78 is 6.17. The van der Waals surface area contributed by atoms with Crippen LogP contribution in [0.25, 0.3) is 12.2 Å². The molecule has 2 aromatic rings. The van der Waals surface area contributed by atoms with Crippen molar-refractivity contribution >= 4 is 39.9 Å². The first-order valence-electron chi connectivity index (χ1n) is 7.62. The maximum absolute atomic E-state index is 12.1. The summed E-state index contributed by atoms with van der Waals surface area (Å²) >= 11 is 3.35. The Morgan fingerprint density at radius 2 is 1.79 bits per heavy atom. The second kappa shape index (κ2) is 7.62. The van der Waals surface area contributed by atoms with Crippen LogP contribution in [0.15, 0.2) is 47.1 Å². The zero-order valence-corrected chi connectivity index (χ0v) is 15.9. The number of carbonyl (C=O) groups excluding carboxylic acids is 1. The summed E-state index contributed by atoms with van der Waals surface area (Å²) in [6.45, 7) is 5.55. The number of amides is 1. The maximum Gasteiger partial charge on any atom is 0.414 e. The number of anilines is 1. The van der Waals surface area contributed by atoms with Crippen molar-refractivity contribution in [1.29, 1.82) is 0 Å². The second-order valence-electron chi connectivity index (χ2n) is 6.35. The molecule has 5 heteroatoms. The average molecular weight is 389 g/mol. The minimum Gasteiger partial charge on any atom is -0.443 e. The first-order chi connectivity index (χ1) is 11.2. The van der Waals surface area contributed by atoms with Gasteiger partial charge in [-0.25, -0.2) is 9.78 Å². The minimum absolute atomic E-state index is 0.371. The molecule has 0 N–H and O–H groups in total. The zero-order chi connectivity index (χ0) is 17.7. The molecule has 0 fully saturated rings. The van der Waals surface area contributed by atoms with Gasteiger partial charge in [-0.1, -0.05) is 24.3 Å². The largest absolute Gasteiger partial charge is 0.443 e. The van der Waals surface area contributed by atoms with Crippen LogP contribution in [0.5, 0.6) is 0 Å². The van der Waals surface area contributed by atoms with Crippen LogP contribution < -0.4 is 4.90 Å². The molecule has 0 radical (unpaired) electrons. The molecule has 0 saturated heterocycles. The fourth-order valence-corrected chi connectivity index (χ4v) is 2.30. The van der Waals surface area contributed by atoms with Crippen molar-refractivity contribution in [2.45, 2.75) is 26.4 Å². The smallest absolute Gasteiger partial charge is 0.414 e. The molecule has 0 unspecified atom stereocenters.